The molecule has 2 amide bonds. The maximum Gasteiger partial charge on any atom is 0.407 e. The van der Waals surface area contributed by atoms with Gasteiger partial charge in [0.2, 0.25) is 10.0 Å². The van der Waals surface area contributed by atoms with Crippen LogP contribution in [0.3, 0.4) is 0 Å². The van der Waals surface area contributed by atoms with Gasteiger partial charge in [0.1, 0.15) is 22.0 Å². The predicted molar refractivity (Wildman–Crippen MR) is 144 cm³/mol. The molecule has 10 nitrogen and oxygen atoms in total. The van der Waals surface area contributed by atoms with Crippen molar-refractivity contribution < 1.29 is 27.1 Å². The Morgan fingerprint density at radius 2 is 1.84 bits per heavy atom. The standard InChI is InChI=1S/C25H35ClFN5O5S/c1-16-19(13-17-9-10-21(20(26)14-17)38(35,36)31(7)8)22(23(33)30(5)6)32(29-16)15-18(27)11-12-28-24(34)37-25(2,3)4/h9-11,14H,12-13,15H2,1-8H3,(H,28,34)/b18-11-. The summed E-state index contributed by atoms with van der Waals surface area (Å²) in [5.41, 5.74) is 1.23. The molecule has 1 heterocycles. The lowest BCUT2D eigenvalue weighted by molar-refractivity contribution is 0.0533. The highest BCUT2D eigenvalue weighted by Crippen LogP contribution is 2.27. The lowest BCUT2D eigenvalue weighted by atomic mass is 10.0. The molecule has 13 heteroatoms. The van der Waals surface area contributed by atoms with Crippen molar-refractivity contribution in [3.05, 3.63) is 57.6 Å². The fraction of sp³-hybridized carbons (Fsp3) is 0.480. The number of benzene rings is 1. The van der Waals surface area contributed by atoms with Gasteiger partial charge in [-0.25, -0.2) is 21.9 Å². The van der Waals surface area contributed by atoms with E-state index >= 15 is 0 Å². The minimum absolute atomic E-state index is 0.0304. The fourth-order valence-electron chi connectivity index (χ4n) is 3.43. The number of ether oxygens (including phenoxy) is 1. The van der Waals surface area contributed by atoms with Crippen LogP contribution in [0.25, 0.3) is 0 Å². The van der Waals surface area contributed by atoms with Crippen LogP contribution >= 0.6 is 11.6 Å². The second-order valence-corrected chi connectivity index (χ2v) is 12.6. The molecule has 1 N–H and O–H groups in total. The number of amides is 2. The maximum atomic E-state index is 14.8. The largest absolute Gasteiger partial charge is 0.444 e. The van der Waals surface area contributed by atoms with Gasteiger partial charge in [0.25, 0.3) is 5.91 Å². The molecule has 0 fully saturated rings. The Kier molecular flexibility index (Phi) is 10.1. The lowest BCUT2D eigenvalue weighted by Gasteiger charge is -2.19. The van der Waals surface area contributed by atoms with E-state index in [0.29, 0.717) is 16.8 Å². The van der Waals surface area contributed by atoms with Crippen molar-refractivity contribution in [3.63, 3.8) is 0 Å². The number of nitrogens with zero attached hydrogens (tertiary/aromatic N) is 4. The van der Waals surface area contributed by atoms with Crippen LogP contribution in [0.4, 0.5) is 9.18 Å². The highest BCUT2D eigenvalue weighted by molar-refractivity contribution is 7.89. The van der Waals surface area contributed by atoms with Crippen LogP contribution in [0.5, 0.6) is 0 Å². The molecule has 0 atom stereocenters. The Hall–Kier alpha value is -2.96. The first-order valence-electron chi connectivity index (χ1n) is 11.7. The first kappa shape index (κ1) is 31.3. The van der Waals surface area contributed by atoms with Crippen LogP contribution in [-0.4, -0.2) is 79.7 Å². The normalized spacial score (nSPS) is 12.6. The molecule has 2 aromatic rings. The number of alkyl carbamates (subject to hydrolysis) is 1. The Balaban J connectivity index is 2.34. The summed E-state index contributed by atoms with van der Waals surface area (Å²) in [6.45, 7) is 6.43. The molecule has 0 spiro atoms. The quantitative estimate of drug-likeness (QED) is 0.490. The molecule has 0 saturated carbocycles. The van der Waals surface area contributed by atoms with Gasteiger partial charge in [-0.3, -0.25) is 9.48 Å². The molecule has 0 saturated heterocycles. The monoisotopic (exact) mass is 571 g/mol. The van der Waals surface area contributed by atoms with Gasteiger partial charge in [0, 0.05) is 46.7 Å². The zero-order valence-electron chi connectivity index (χ0n) is 22.9. The molecule has 0 radical (unpaired) electrons. The van der Waals surface area contributed by atoms with E-state index in [2.05, 4.69) is 10.4 Å². The zero-order valence-corrected chi connectivity index (χ0v) is 24.5. The summed E-state index contributed by atoms with van der Waals surface area (Å²) >= 11 is 6.30. The Bertz CT molecular complexity index is 1330. The molecule has 0 aliphatic carbocycles. The SMILES string of the molecule is Cc1nn(C/C(F)=C/CNC(=O)OC(C)(C)C)c(C(=O)N(C)C)c1Cc1ccc(S(=O)(=O)N(C)C)c(Cl)c1. The van der Waals surface area contributed by atoms with Crippen LogP contribution in [0, 0.1) is 6.92 Å². The second-order valence-electron chi connectivity index (χ2n) is 10.0. The van der Waals surface area contributed by atoms with Crippen molar-refractivity contribution in [1.82, 2.24) is 24.3 Å². The van der Waals surface area contributed by atoms with Crippen molar-refractivity contribution in [2.24, 2.45) is 0 Å². The first-order chi connectivity index (χ1) is 17.4. The van der Waals surface area contributed by atoms with Gasteiger partial charge < -0.3 is 15.0 Å². The highest BCUT2D eigenvalue weighted by Gasteiger charge is 2.25. The van der Waals surface area contributed by atoms with E-state index in [9.17, 15) is 22.4 Å². The molecule has 1 aromatic heterocycles. The Labute approximate surface area is 228 Å². The van der Waals surface area contributed by atoms with Crippen molar-refractivity contribution in [1.29, 1.82) is 0 Å². The predicted octanol–water partition coefficient (Wildman–Crippen LogP) is 3.77. The van der Waals surface area contributed by atoms with Crippen LogP contribution in [0.15, 0.2) is 35.0 Å². The first-order valence-corrected chi connectivity index (χ1v) is 13.6. The van der Waals surface area contributed by atoms with E-state index < -0.39 is 27.5 Å². The van der Waals surface area contributed by atoms with Gasteiger partial charge >= 0.3 is 6.09 Å². The summed E-state index contributed by atoms with van der Waals surface area (Å²) in [6, 6.07) is 4.56. The third kappa shape index (κ3) is 8.02. The van der Waals surface area contributed by atoms with E-state index in [1.807, 2.05) is 0 Å². The summed E-state index contributed by atoms with van der Waals surface area (Å²) in [5.74, 6) is -0.984. The Morgan fingerprint density at radius 3 is 2.37 bits per heavy atom. The summed E-state index contributed by atoms with van der Waals surface area (Å²) in [4.78, 5) is 26.2. The van der Waals surface area contributed by atoms with Gasteiger partial charge in [0.05, 0.1) is 17.3 Å². The minimum atomic E-state index is -3.73. The number of hydrogen-bond acceptors (Lipinski definition) is 6. The fourth-order valence-corrected chi connectivity index (χ4v) is 4.86. The number of carbonyl (C=O) groups is 2. The van der Waals surface area contributed by atoms with E-state index in [-0.39, 0.29) is 41.0 Å². The van der Waals surface area contributed by atoms with Gasteiger partial charge in [0.15, 0.2) is 0 Å². The summed E-state index contributed by atoms with van der Waals surface area (Å²) in [5, 5.41) is 6.88. The minimum Gasteiger partial charge on any atom is -0.444 e. The van der Waals surface area contributed by atoms with E-state index in [1.165, 1.54) is 41.9 Å². The average Bonchev–Trinajstić information content (AvgIpc) is 3.05. The van der Waals surface area contributed by atoms with Gasteiger partial charge in [-0.1, -0.05) is 17.7 Å². The van der Waals surface area contributed by atoms with Crippen LogP contribution in [-0.2, 0) is 27.7 Å². The smallest absolute Gasteiger partial charge is 0.407 e. The van der Waals surface area contributed by atoms with Gasteiger partial charge in [-0.15, -0.1) is 0 Å². The molecular formula is C25H35ClFN5O5S. The highest BCUT2D eigenvalue weighted by atomic mass is 35.5. The number of sulfonamides is 1. The number of halogens is 2. The number of allylic oxidation sites excluding steroid dienone is 1. The van der Waals surface area contributed by atoms with Gasteiger partial charge in [-0.2, -0.15) is 5.10 Å². The molecule has 0 unspecified atom stereocenters. The summed E-state index contributed by atoms with van der Waals surface area (Å²) in [6.07, 6.45) is 0.716. The van der Waals surface area contributed by atoms with Crippen molar-refractivity contribution in [3.8, 4) is 0 Å². The third-order valence-electron chi connectivity index (χ3n) is 5.27. The summed E-state index contributed by atoms with van der Waals surface area (Å²) in [7, 11) is 2.25. The summed E-state index contributed by atoms with van der Waals surface area (Å²) < 4.78 is 47.2. The van der Waals surface area contributed by atoms with Crippen molar-refractivity contribution >= 4 is 33.6 Å². The number of rotatable bonds is 9. The number of aromatic nitrogens is 2. The van der Waals surface area contributed by atoms with Crippen LogP contribution < -0.4 is 5.32 Å². The average molecular weight is 572 g/mol. The third-order valence-corrected chi connectivity index (χ3v) is 7.56. The molecule has 2 rings (SSSR count). The van der Waals surface area contributed by atoms with Gasteiger partial charge in [-0.05, 0) is 51.5 Å². The van der Waals surface area contributed by atoms with Crippen molar-refractivity contribution in [2.75, 3.05) is 34.7 Å². The van der Waals surface area contributed by atoms with E-state index in [0.717, 1.165) is 4.31 Å². The lowest BCUT2D eigenvalue weighted by Crippen LogP contribution is -2.32. The van der Waals surface area contributed by atoms with E-state index in [4.69, 9.17) is 16.3 Å². The second kappa shape index (κ2) is 12.3. The Morgan fingerprint density at radius 1 is 1.21 bits per heavy atom. The molecular weight excluding hydrogens is 537 g/mol. The number of aryl methyl sites for hydroxylation is 1. The number of carbonyl (C=O) groups excluding carboxylic acids is 2. The molecule has 1 aromatic carbocycles. The molecule has 0 aliphatic heterocycles. The molecule has 0 aliphatic rings. The number of hydrogen-bond donors (Lipinski definition) is 1. The topological polar surface area (TPSA) is 114 Å². The van der Waals surface area contributed by atoms with Crippen LogP contribution in [0.2, 0.25) is 5.02 Å². The van der Waals surface area contributed by atoms with Crippen molar-refractivity contribution in [2.45, 2.75) is 51.2 Å². The molecule has 38 heavy (non-hydrogen) atoms. The molecule has 210 valence electrons. The molecule has 0 bridgehead atoms. The zero-order chi connectivity index (χ0) is 29.0. The number of nitrogens with one attached hydrogen (secondary N) is 1. The maximum absolute atomic E-state index is 14.8. The van der Waals surface area contributed by atoms with Crippen LogP contribution in [0.1, 0.15) is 48.1 Å². The van der Waals surface area contributed by atoms with E-state index in [1.54, 1.807) is 47.9 Å².